The Kier molecular flexibility index (Phi) is 7.38. The highest BCUT2D eigenvalue weighted by Gasteiger charge is 2.27. The lowest BCUT2D eigenvalue weighted by atomic mass is 9.99. The summed E-state index contributed by atoms with van der Waals surface area (Å²) in [6.45, 7) is 4.29. The highest BCUT2D eigenvalue weighted by atomic mass is 35.5. The molecule has 0 aliphatic carbocycles. The van der Waals surface area contributed by atoms with Crippen LogP contribution in [-0.2, 0) is 0 Å². The second-order valence-corrected chi connectivity index (χ2v) is 9.75. The highest BCUT2D eigenvalue weighted by Crippen LogP contribution is 2.36. The number of aromatic nitrogens is 1. The van der Waals surface area contributed by atoms with Crippen LogP contribution in [0.4, 0.5) is 15.9 Å². The molecule has 164 valence electrons. The van der Waals surface area contributed by atoms with E-state index in [1.165, 1.54) is 28.8 Å². The summed E-state index contributed by atoms with van der Waals surface area (Å²) in [4.78, 5) is 9.26. The van der Waals surface area contributed by atoms with Crippen molar-refractivity contribution in [1.29, 1.82) is 0 Å². The van der Waals surface area contributed by atoms with Gasteiger partial charge in [-0.1, -0.05) is 41.9 Å². The van der Waals surface area contributed by atoms with Gasteiger partial charge in [-0.05, 0) is 49.4 Å². The molecule has 4 rings (SSSR count). The summed E-state index contributed by atoms with van der Waals surface area (Å²) in [5.74, 6) is 0.428. The molecule has 1 atom stereocenters. The molecule has 3 aromatic rings. The molecular weight excluding hydrogens is 451 g/mol. The van der Waals surface area contributed by atoms with Gasteiger partial charge in [0, 0.05) is 37.6 Å². The van der Waals surface area contributed by atoms with Crippen LogP contribution in [0.15, 0.2) is 58.3 Å². The number of nitrogens with zero attached hydrogens (tertiary/aromatic N) is 3. The molecule has 0 amide bonds. The SMILES string of the molecule is CC(c1ccccc1)N1CCC(N(C)c2cc(F)c(SNc3cscn3)cc2Cl)CC1. The molecule has 1 saturated heterocycles. The molecule has 4 nitrogen and oxygen atoms in total. The molecule has 2 heterocycles. The normalized spacial score (nSPS) is 16.3. The molecule has 1 fully saturated rings. The maximum Gasteiger partial charge on any atom is 0.147 e. The zero-order chi connectivity index (χ0) is 21.8. The number of benzene rings is 2. The Morgan fingerprint density at radius 3 is 2.68 bits per heavy atom. The third-order valence-electron chi connectivity index (χ3n) is 5.96. The van der Waals surface area contributed by atoms with Crippen LogP contribution in [0.1, 0.15) is 31.4 Å². The molecule has 1 N–H and O–H groups in total. The van der Waals surface area contributed by atoms with E-state index in [-0.39, 0.29) is 5.82 Å². The molecule has 1 aromatic heterocycles. The fourth-order valence-corrected chi connectivity index (χ4v) is 5.62. The predicted molar refractivity (Wildman–Crippen MR) is 131 cm³/mol. The molecule has 0 bridgehead atoms. The first kappa shape index (κ1) is 22.4. The zero-order valence-corrected chi connectivity index (χ0v) is 20.0. The average Bonchev–Trinajstić information content (AvgIpc) is 3.33. The fourth-order valence-electron chi connectivity index (χ4n) is 4.04. The van der Waals surface area contributed by atoms with Gasteiger partial charge in [0.15, 0.2) is 0 Å². The first-order valence-electron chi connectivity index (χ1n) is 10.3. The molecular formula is C23H26ClFN4S2. The summed E-state index contributed by atoms with van der Waals surface area (Å²) in [5, 5.41) is 2.44. The molecule has 1 unspecified atom stereocenters. The van der Waals surface area contributed by atoms with E-state index < -0.39 is 0 Å². The molecule has 1 aliphatic heterocycles. The lowest BCUT2D eigenvalue weighted by Gasteiger charge is -2.40. The molecule has 0 radical (unpaired) electrons. The van der Waals surface area contributed by atoms with Crippen molar-refractivity contribution in [3.05, 3.63) is 69.8 Å². The van der Waals surface area contributed by atoms with Crippen LogP contribution in [0.25, 0.3) is 0 Å². The van der Waals surface area contributed by atoms with Crippen LogP contribution in [0.5, 0.6) is 0 Å². The summed E-state index contributed by atoms with van der Waals surface area (Å²) in [7, 11) is 2.02. The van der Waals surface area contributed by atoms with Crippen LogP contribution in [0.2, 0.25) is 5.02 Å². The summed E-state index contributed by atoms with van der Waals surface area (Å²) in [6.07, 6.45) is 2.04. The van der Waals surface area contributed by atoms with E-state index in [4.69, 9.17) is 11.6 Å². The maximum absolute atomic E-state index is 14.8. The number of hydrogen-bond donors (Lipinski definition) is 1. The zero-order valence-electron chi connectivity index (χ0n) is 17.6. The Labute approximate surface area is 196 Å². The smallest absolute Gasteiger partial charge is 0.147 e. The lowest BCUT2D eigenvalue weighted by Crippen LogP contribution is -2.44. The standard InChI is InChI=1S/C23H26ClFN4S2/c1-16(17-6-4-3-5-7-17)29-10-8-18(9-11-29)28(2)21-13-20(25)22(12-19(21)24)31-27-23-14-30-15-26-23/h3-7,12-16,18,27H,8-11H2,1-2H3. The van der Waals surface area contributed by atoms with Crippen molar-refractivity contribution in [3.8, 4) is 0 Å². The molecule has 0 spiro atoms. The minimum Gasteiger partial charge on any atom is -0.370 e. The van der Waals surface area contributed by atoms with Crippen molar-refractivity contribution >= 4 is 46.4 Å². The number of hydrogen-bond acceptors (Lipinski definition) is 6. The quantitative estimate of drug-likeness (QED) is 0.383. The maximum atomic E-state index is 14.8. The molecule has 8 heteroatoms. The van der Waals surface area contributed by atoms with Crippen molar-refractivity contribution in [2.24, 2.45) is 0 Å². The summed E-state index contributed by atoms with van der Waals surface area (Å²) in [5.41, 5.74) is 3.82. The largest absolute Gasteiger partial charge is 0.370 e. The van der Waals surface area contributed by atoms with Gasteiger partial charge in [0.1, 0.15) is 11.6 Å². The monoisotopic (exact) mass is 476 g/mol. The lowest BCUT2D eigenvalue weighted by molar-refractivity contribution is 0.162. The number of piperidine rings is 1. The summed E-state index contributed by atoms with van der Waals surface area (Å²) in [6, 6.07) is 14.6. The van der Waals surface area contributed by atoms with E-state index >= 15 is 0 Å². The fraction of sp³-hybridized carbons (Fsp3) is 0.348. The van der Waals surface area contributed by atoms with E-state index in [0.29, 0.717) is 27.8 Å². The van der Waals surface area contributed by atoms with Crippen molar-refractivity contribution in [3.63, 3.8) is 0 Å². The molecule has 2 aromatic carbocycles. The molecule has 0 saturated carbocycles. The van der Waals surface area contributed by atoms with Gasteiger partial charge >= 0.3 is 0 Å². The third kappa shape index (κ3) is 5.34. The molecule has 31 heavy (non-hydrogen) atoms. The van der Waals surface area contributed by atoms with Crippen LogP contribution < -0.4 is 9.62 Å². The van der Waals surface area contributed by atoms with Crippen LogP contribution in [0, 0.1) is 5.82 Å². The van der Waals surface area contributed by atoms with Gasteiger partial charge < -0.3 is 9.62 Å². The van der Waals surface area contributed by atoms with Gasteiger partial charge in [0.05, 0.1) is 21.1 Å². The Morgan fingerprint density at radius 1 is 1.26 bits per heavy atom. The Hall–Kier alpha value is -1.80. The van der Waals surface area contributed by atoms with Crippen molar-refractivity contribution in [2.45, 2.75) is 36.7 Å². The number of nitrogens with one attached hydrogen (secondary N) is 1. The first-order valence-corrected chi connectivity index (χ1v) is 12.5. The Morgan fingerprint density at radius 2 is 2.00 bits per heavy atom. The summed E-state index contributed by atoms with van der Waals surface area (Å²) < 4.78 is 17.8. The van der Waals surface area contributed by atoms with Crippen molar-refractivity contribution in [2.75, 3.05) is 29.8 Å². The summed E-state index contributed by atoms with van der Waals surface area (Å²) >= 11 is 9.24. The van der Waals surface area contributed by atoms with Crippen molar-refractivity contribution in [1.82, 2.24) is 9.88 Å². The van der Waals surface area contributed by atoms with E-state index in [1.807, 2.05) is 12.4 Å². The van der Waals surface area contributed by atoms with Gasteiger partial charge in [0.25, 0.3) is 0 Å². The Balaban J connectivity index is 1.38. The van der Waals surface area contributed by atoms with Crippen molar-refractivity contribution < 1.29 is 4.39 Å². The van der Waals surface area contributed by atoms with Crippen LogP contribution in [-0.4, -0.2) is 36.1 Å². The topological polar surface area (TPSA) is 31.4 Å². The number of halogens is 2. The van der Waals surface area contributed by atoms with Gasteiger partial charge in [0.2, 0.25) is 0 Å². The third-order valence-corrected chi connectivity index (χ3v) is 7.69. The van der Waals surface area contributed by atoms with Crippen LogP contribution >= 0.6 is 34.9 Å². The van der Waals surface area contributed by atoms with Gasteiger partial charge in [-0.15, -0.1) is 11.3 Å². The minimum atomic E-state index is -0.283. The van der Waals surface area contributed by atoms with Gasteiger partial charge in [-0.25, -0.2) is 9.37 Å². The number of anilines is 2. The second kappa shape index (κ2) is 10.2. The minimum absolute atomic E-state index is 0.283. The highest BCUT2D eigenvalue weighted by molar-refractivity contribution is 8.00. The first-order chi connectivity index (χ1) is 15.0. The Bertz CT molecular complexity index is 979. The van der Waals surface area contributed by atoms with E-state index in [0.717, 1.165) is 31.6 Å². The van der Waals surface area contributed by atoms with Gasteiger partial charge in [-0.3, -0.25) is 4.90 Å². The van der Waals surface area contributed by atoms with E-state index in [1.54, 1.807) is 17.6 Å². The average molecular weight is 477 g/mol. The number of thiazole rings is 1. The second-order valence-electron chi connectivity index (χ2n) is 7.78. The van der Waals surface area contributed by atoms with E-state index in [9.17, 15) is 4.39 Å². The molecule has 1 aliphatic rings. The number of likely N-dealkylation sites (tertiary alicyclic amines) is 1. The van der Waals surface area contributed by atoms with Gasteiger partial charge in [-0.2, -0.15) is 0 Å². The van der Waals surface area contributed by atoms with E-state index in [2.05, 4.69) is 56.8 Å². The predicted octanol–water partition coefficient (Wildman–Crippen LogP) is 6.72. The van der Waals surface area contributed by atoms with Crippen LogP contribution in [0.3, 0.4) is 0 Å². The number of rotatable bonds is 7.